The molecule has 120 valence electrons. The number of fused-ring (bicyclic) bond motifs is 1. The van der Waals surface area contributed by atoms with Crippen LogP contribution in [0.25, 0.3) is 11.0 Å². The van der Waals surface area contributed by atoms with Crippen molar-refractivity contribution in [3.63, 3.8) is 0 Å². The third kappa shape index (κ3) is 4.48. The number of hydrogen-bond acceptors (Lipinski definition) is 2. The van der Waals surface area contributed by atoms with Gasteiger partial charge in [-0.25, -0.2) is 4.98 Å². The molecule has 0 radical (unpaired) electrons. The van der Waals surface area contributed by atoms with Gasteiger partial charge in [0, 0.05) is 25.7 Å². The molecule has 0 amide bonds. The van der Waals surface area contributed by atoms with Crippen LogP contribution in [-0.4, -0.2) is 34.6 Å². The van der Waals surface area contributed by atoms with Crippen LogP contribution in [0.5, 0.6) is 0 Å². The smallest absolute Gasteiger partial charge is 0.191 e. The highest BCUT2D eigenvalue weighted by molar-refractivity contribution is 5.80. The van der Waals surface area contributed by atoms with Gasteiger partial charge in [-0.2, -0.15) is 0 Å². The van der Waals surface area contributed by atoms with Crippen LogP contribution in [0.2, 0.25) is 0 Å². The highest BCUT2D eigenvalue weighted by Crippen LogP contribution is 2.11. The van der Waals surface area contributed by atoms with E-state index in [-0.39, 0.29) is 0 Å². The number of guanidine groups is 1. The molecule has 0 aliphatic heterocycles. The van der Waals surface area contributed by atoms with E-state index >= 15 is 0 Å². The number of rotatable bonds is 7. The van der Waals surface area contributed by atoms with Gasteiger partial charge >= 0.3 is 0 Å². The molecule has 0 spiro atoms. The van der Waals surface area contributed by atoms with Crippen molar-refractivity contribution in [2.45, 2.75) is 46.2 Å². The maximum atomic E-state index is 4.64. The van der Waals surface area contributed by atoms with E-state index in [0.717, 1.165) is 44.0 Å². The second-order valence-electron chi connectivity index (χ2n) is 5.49. The average Bonchev–Trinajstić information content (AvgIpc) is 2.95. The zero-order chi connectivity index (χ0) is 15.8. The normalized spacial score (nSPS) is 13.3. The summed E-state index contributed by atoms with van der Waals surface area (Å²) < 4.78 is 2.19. The molecule has 5 nitrogen and oxygen atoms in total. The minimum atomic E-state index is 0.440. The molecule has 1 heterocycles. The summed E-state index contributed by atoms with van der Waals surface area (Å²) in [4.78, 5) is 9.06. The molecule has 1 atom stereocenters. The molecule has 2 rings (SSSR count). The third-order valence-corrected chi connectivity index (χ3v) is 3.69. The Morgan fingerprint density at radius 1 is 1.32 bits per heavy atom. The molecule has 0 saturated carbocycles. The molecule has 1 aromatic carbocycles. The number of hydrogen-bond donors (Lipinski definition) is 2. The molecule has 0 aliphatic rings. The molecular weight excluding hydrogens is 274 g/mol. The molecule has 2 N–H and O–H groups in total. The van der Waals surface area contributed by atoms with Crippen molar-refractivity contribution in [1.29, 1.82) is 0 Å². The van der Waals surface area contributed by atoms with Crippen LogP contribution in [0.15, 0.2) is 35.6 Å². The number of nitrogens with one attached hydrogen (secondary N) is 2. The maximum Gasteiger partial charge on any atom is 0.191 e. The Balaban J connectivity index is 1.87. The molecule has 1 unspecified atom stereocenters. The molecule has 0 saturated heterocycles. The van der Waals surface area contributed by atoms with Crippen molar-refractivity contribution >= 4 is 17.0 Å². The average molecular weight is 301 g/mol. The number of nitrogens with zero attached hydrogens (tertiary/aromatic N) is 3. The van der Waals surface area contributed by atoms with Crippen LogP contribution in [-0.2, 0) is 6.54 Å². The van der Waals surface area contributed by atoms with Gasteiger partial charge in [0.25, 0.3) is 0 Å². The van der Waals surface area contributed by atoms with E-state index in [1.807, 2.05) is 18.5 Å². The number of para-hydroxylation sites is 2. The number of imidazole rings is 1. The molecule has 5 heteroatoms. The van der Waals surface area contributed by atoms with Gasteiger partial charge in [0.2, 0.25) is 0 Å². The van der Waals surface area contributed by atoms with E-state index in [2.05, 4.69) is 58.1 Å². The summed E-state index contributed by atoms with van der Waals surface area (Å²) in [5.74, 6) is 0.910. The van der Waals surface area contributed by atoms with Gasteiger partial charge in [0.15, 0.2) is 5.96 Å². The highest BCUT2D eigenvalue weighted by atomic mass is 15.2. The largest absolute Gasteiger partial charge is 0.357 e. The summed E-state index contributed by atoms with van der Waals surface area (Å²) in [6.07, 6.45) is 4.00. The number of aromatic nitrogens is 2. The Bertz CT molecular complexity index is 602. The van der Waals surface area contributed by atoms with Crippen molar-refractivity contribution in [3.05, 3.63) is 30.6 Å². The van der Waals surface area contributed by atoms with Gasteiger partial charge in [0.05, 0.1) is 17.4 Å². The third-order valence-electron chi connectivity index (χ3n) is 3.69. The number of benzene rings is 1. The number of aliphatic imine (C=N–C) groups is 1. The predicted molar refractivity (Wildman–Crippen MR) is 93.2 cm³/mol. The van der Waals surface area contributed by atoms with E-state index in [9.17, 15) is 0 Å². The van der Waals surface area contributed by atoms with Crippen LogP contribution >= 0.6 is 0 Å². The van der Waals surface area contributed by atoms with Gasteiger partial charge in [-0.1, -0.05) is 19.1 Å². The lowest BCUT2D eigenvalue weighted by Crippen LogP contribution is -2.42. The van der Waals surface area contributed by atoms with Crippen molar-refractivity contribution in [2.75, 3.05) is 13.1 Å². The first kappa shape index (κ1) is 16.3. The molecule has 0 aliphatic carbocycles. The summed E-state index contributed by atoms with van der Waals surface area (Å²) in [7, 11) is 0. The van der Waals surface area contributed by atoms with E-state index in [0.29, 0.717) is 6.04 Å². The van der Waals surface area contributed by atoms with E-state index in [4.69, 9.17) is 0 Å². The fourth-order valence-corrected chi connectivity index (χ4v) is 2.28. The highest BCUT2D eigenvalue weighted by Gasteiger charge is 2.03. The molecule has 22 heavy (non-hydrogen) atoms. The van der Waals surface area contributed by atoms with Crippen LogP contribution in [0.4, 0.5) is 0 Å². The lowest BCUT2D eigenvalue weighted by molar-refractivity contribution is 0.618. The van der Waals surface area contributed by atoms with Gasteiger partial charge in [-0.15, -0.1) is 0 Å². The van der Waals surface area contributed by atoms with E-state index in [1.54, 1.807) is 0 Å². The van der Waals surface area contributed by atoms with E-state index in [1.165, 1.54) is 5.52 Å². The fraction of sp³-hybridized carbons (Fsp3) is 0.529. The first-order valence-electron chi connectivity index (χ1n) is 8.19. The lowest BCUT2D eigenvalue weighted by Gasteiger charge is -2.16. The molecular formula is C17H27N5. The van der Waals surface area contributed by atoms with Gasteiger partial charge < -0.3 is 15.2 Å². The van der Waals surface area contributed by atoms with E-state index < -0.39 is 0 Å². The standard InChI is InChI=1S/C17H27N5/c1-4-14(3)21-17(18-5-2)19-11-8-12-22-13-20-15-9-6-7-10-16(15)22/h6-7,9-10,13-14H,4-5,8,11-12H2,1-3H3,(H2,18,19,21). The first-order chi connectivity index (χ1) is 10.7. The minimum Gasteiger partial charge on any atom is -0.357 e. The second-order valence-corrected chi connectivity index (χ2v) is 5.49. The predicted octanol–water partition coefficient (Wildman–Crippen LogP) is 2.78. The monoisotopic (exact) mass is 301 g/mol. The SMILES string of the molecule is CCNC(=NCCCn1cnc2ccccc21)NC(C)CC. The van der Waals surface area contributed by atoms with Crippen molar-refractivity contribution in [3.8, 4) is 0 Å². The van der Waals surface area contributed by atoms with Crippen molar-refractivity contribution in [1.82, 2.24) is 20.2 Å². The molecule has 0 bridgehead atoms. The summed E-state index contributed by atoms with van der Waals surface area (Å²) in [5.41, 5.74) is 2.24. The summed E-state index contributed by atoms with van der Waals surface area (Å²) >= 11 is 0. The Morgan fingerprint density at radius 3 is 2.91 bits per heavy atom. The van der Waals surface area contributed by atoms with Crippen molar-refractivity contribution in [2.24, 2.45) is 4.99 Å². The molecule has 0 fully saturated rings. The van der Waals surface area contributed by atoms with Crippen LogP contribution < -0.4 is 10.6 Å². The summed E-state index contributed by atoms with van der Waals surface area (Å²) in [6, 6.07) is 8.67. The quantitative estimate of drug-likeness (QED) is 0.470. The number of aryl methyl sites for hydroxylation is 1. The second kappa shape index (κ2) is 8.41. The Hall–Kier alpha value is -2.04. The Kier molecular flexibility index (Phi) is 6.25. The summed E-state index contributed by atoms with van der Waals surface area (Å²) in [6.45, 7) is 9.06. The Labute approximate surface area is 132 Å². The van der Waals surface area contributed by atoms with Gasteiger partial charge in [-0.05, 0) is 38.8 Å². The first-order valence-corrected chi connectivity index (χ1v) is 8.19. The zero-order valence-electron chi connectivity index (χ0n) is 13.8. The van der Waals surface area contributed by atoms with Gasteiger partial charge in [-0.3, -0.25) is 4.99 Å². The van der Waals surface area contributed by atoms with Crippen LogP contribution in [0.1, 0.15) is 33.6 Å². The zero-order valence-corrected chi connectivity index (χ0v) is 13.8. The van der Waals surface area contributed by atoms with Crippen molar-refractivity contribution < 1.29 is 0 Å². The maximum absolute atomic E-state index is 4.64. The molecule has 1 aromatic heterocycles. The Morgan fingerprint density at radius 2 is 2.14 bits per heavy atom. The summed E-state index contributed by atoms with van der Waals surface area (Å²) in [5, 5.41) is 6.70. The fourth-order valence-electron chi connectivity index (χ4n) is 2.28. The van der Waals surface area contributed by atoms with Crippen LogP contribution in [0, 0.1) is 0 Å². The van der Waals surface area contributed by atoms with Crippen LogP contribution in [0.3, 0.4) is 0 Å². The molecule has 2 aromatic rings. The lowest BCUT2D eigenvalue weighted by atomic mass is 10.3. The topological polar surface area (TPSA) is 54.2 Å². The minimum absolute atomic E-state index is 0.440. The van der Waals surface area contributed by atoms with Gasteiger partial charge in [0.1, 0.15) is 0 Å².